The van der Waals surface area contributed by atoms with Gasteiger partial charge >= 0.3 is 0 Å². The van der Waals surface area contributed by atoms with Crippen LogP contribution in [0, 0.1) is 0 Å². The van der Waals surface area contributed by atoms with Crippen molar-refractivity contribution in [3.63, 3.8) is 0 Å². The van der Waals surface area contributed by atoms with Crippen molar-refractivity contribution in [3.05, 3.63) is 12.4 Å². The van der Waals surface area contributed by atoms with Gasteiger partial charge in [0.1, 0.15) is 0 Å². The number of aromatic nitrogens is 2. The molecule has 2 N–H and O–H groups in total. The summed E-state index contributed by atoms with van der Waals surface area (Å²) < 4.78 is 0. The zero-order chi connectivity index (χ0) is 8.97. The largest absolute Gasteiger partial charge is 0.331 e. The first kappa shape index (κ1) is 9.25. The summed E-state index contributed by atoms with van der Waals surface area (Å²) >= 11 is 3.23. The molecule has 4 nitrogen and oxygen atoms in total. The van der Waals surface area contributed by atoms with Crippen LogP contribution < -0.4 is 5.32 Å². The number of nitrogens with one attached hydrogen (secondary N) is 2. The normalized spacial score (nSPS) is 12.5. The van der Waals surface area contributed by atoms with Crippen LogP contribution in [0.15, 0.2) is 12.4 Å². The molecule has 0 saturated heterocycles. The first-order valence-corrected chi connectivity index (χ1v) is 4.60. The molecule has 0 aromatic carbocycles. The number of hydrogen-bond donors (Lipinski definition) is 2. The van der Waals surface area contributed by atoms with E-state index in [1.165, 1.54) is 0 Å². The van der Waals surface area contributed by atoms with E-state index in [1.807, 2.05) is 6.92 Å². The molecular weight excluding hydrogens is 222 g/mol. The highest BCUT2D eigenvalue weighted by molar-refractivity contribution is 9.10. The van der Waals surface area contributed by atoms with Crippen molar-refractivity contribution < 1.29 is 4.79 Å². The Morgan fingerprint density at radius 2 is 2.67 bits per heavy atom. The highest BCUT2D eigenvalue weighted by Gasteiger charge is 2.12. The van der Waals surface area contributed by atoms with Crippen LogP contribution >= 0.6 is 15.9 Å². The van der Waals surface area contributed by atoms with Crippen molar-refractivity contribution in [2.45, 2.75) is 18.2 Å². The molecule has 5 heteroatoms. The zero-order valence-electron chi connectivity index (χ0n) is 6.67. The number of rotatable bonds is 3. The van der Waals surface area contributed by atoms with Gasteiger partial charge in [-0.1, -0.05) is 22.9 Å². The molecule has 1 aromatic rings. The molecule has 0 aliphatic carbocycles. The standard InChI is InChI=1S/C7H10BrN3O/c1-2-5(8)6(12)11-7-9-3-4-10-7/h3-5H,2H2,1H3,(H2,9,10,11,12). The fourth-order valence-electron chi connectivity index (χ4n) is 0.714. The SMILES string of the molecule is CCC(Br)C(=O)Nc1ncc[nH]1. The molecule has 0 spiro atoms. The number of amides is 1. The second-order valence-corrected chi connectivity index (χ2v) is 3.41. The summed E-state index contributed by atoms with van der Waals surface area (Å²) in [6.45, 7) is 1.93. The lowest BCUT2D eigenvalue weighted by Crippen LogP contribution is -2.22. The van der Waals surface area contributed by atoms with Crippen molar-refractivity contribution in [2.75, 3.05) is 5.32 Å². The third-order valence-electron chi connectivity index (χ3n) is 1.38. The summed E-state index contributed by atoms with van der Waals surface area (Å²) in [5.74, 6) is 0.408. The second-order valence-electron chi connectivity index (χ2n) is 2.30. The first-order chi connectivity index (χ1) is 5.74. The first-order valence-electron chi connectivity index (χ1n) is 3.68. The number of halogens is 1. The third-order valence-corrected chi connectivity index (χ3v) is 2.45. The van der Waals surface area contributed by atoms with Crippen molar-refractivity contribution >= 4 is 27.8 Å². The third kappa shape index (κ3) is 2.34. The second kappa shape index (κ2) is 4.25. The Hall–Kier alpha value is -0.840. The Bertz CT molecular complexity index is 247. The molecule has 12 heavy (non-hydrogen) atoms. The predicted molar refractivity (Wildman–Crippen MR) is 50.2 cm³/mol. The fourth-order valence-corrected chi connectivity index (χ4v) is 0.828. The molecule has 0 saturated carbocycles. The average molecular weight is 232 g/mol. The molecule has 1 amide bonds. The topological polar surface area (TPSA) is 57.8 Å². The molecule has 0 aliphatic heterocycles. The van der Waals surface area contributed by atoms with Gasteiger partial charge in [-0.15, -0.1) is 0 Å². The van der Waals surface area contributed by atoms with Crippen molar-refractivity contribution in [1.29, 1.82) is 0 Å². The predicted octanol–water partition coefficient (Wildman–Crippen LogP) is 1.52. The van der Waals surface area contributed by atoms with Gasteiger partial charge in [-0.05, 0) is 6.42 Å². The van der Waals surface area contributed by atoms with E-state index in [0.29, 0.717) is 5.95 Å². The summed E-state index contributed by atoms with van der Waals surface area (Å²) in [5, 5.41) is 2.62. The Morgan fingerprint density at radius 3 is 3.17 bits per heavy atom. The van der Waals surface area contributed by atoms with Crippen LogP contribution in [-0.2, 0) is 4.79 Å². The molecule has 1 aromatic heterocycles. The van der Waals surface area contributed by atoms with Crippen LogP contribution in [0.3, 0.4) is 0 Å². The molecule has 1 atom stereocenters. The van der Waals surface area contributed by atoms with E-state index in [4.69, 9.17) is 0 Å². The van der Waals surface area contributed by atoms with Crippen LogP contribution in [0.1, 0.15) is 13.3 Å². The van der Waals surface area contributed by atoms with Gasteiger partial charge in [-0.3, -0.25) is 10.1 Å². The molecule has 0 aliphatic rings. The molecule has 1 heterocycles. The summed E-state index contributed by atoms with van der Waals surface area (Å²) in [7, 11) is 0. The molecule has 1 unspecified atom stereocenters. The van der Waals surface area contributed by atoms with Crippen LogP contribution in [0.2, 0.25) is 0 Å². The summed E-state index contributed by atoms with van der Waals surface area (Å²) in [6.07, 6.45) is 4.00. The average Bonchev–Trinajstić information content (AvgIpc) is 2.55. The van der Waals surface area contributed by atoms with E-state index in [0.717, 1.165) is 6.42 Å². The molecule has 66 valence electrons. The maximum absolute atomic E-state index is 11.2. The van der Waals surface area contributed by atoms with E-state index >= 15 is 0 Å². The van der Waals surface area contributed by atoms with Crippen molar-refractivity contribution in [2.24, 2.45) is 0 Å². The number of H-pyrrole nitrogens is 1. The van der Waals surface area contributed by atoms with Crippen LogP contribution in [0.5, 0.6) is 0 Å². The number of anilines is 1. The Morgan fingerprint density at radius 1 is 1.92 bits per heavy atom. The quantitative estimate of drug-likeness (QED) is 0.776. The zero-order valence-corrected chi connectivity index (χ0v) is 8.26. The summed E-state index contributed by atoms with van der Waals surface area (Å²) in [5.41, 5.74) is 0. The molecule has 0 fully saturated rings. The lowest BCUT2D eigenvalue weighted by Gasteiger charge is -2.05. The number of imidazole rings is 1. The minimum absolute atomic E-state index is 0.0764. The lowest BCUT2D eigenvalue weighted by molar-refractivity contribution is -0.115. The van der Waals surface area contributed by atoms with Gasteiger partial charge in [-0.2, -0.15) is 0 Å². The van der Waals surface area contributed by atoms with E-state index in [9.17, 15) is 4.79 Å². The van der Waals surface area contributed by atoms with Gasteiger partial charge < -0.3 is 4.98 Å². The molecule has 0 radical (unpaired) electrons. The Kier molecular flexibility index (Phi) is 3.28. The molecular formula is C7H10BrN3O. The number of hydrogen-bond acceptors (Lipinski definition) is 2. The number of alkyl halides is 1. The Labute approximate surface area is 78.9 Å². The van der Waals surface area contributed by atoms with Crippen molar-refractivity contribution in [3.8, 4) is 0 Å². The van der Waals surface area contributed by atoms with Crippen molar-refractivity contribution in [1.82, 2.24) is 9.97 Å². The maximum Gasteiger partial charge on any atom is 0.240 e. The van der Waals surface area contributed by atoms with E-state index in [2.05, 4.69) is 31.2 Å². The van der Waals surface area contributed by atoms with E-state index in [-0.39, 0.29) is 10.7 Å². The highest BCUT2D eigenvalue weighted by atomic mass is 79.9. The van der Waals surface area contributed by atoms with Gasteiger partial charge in [0.2, 0.25) is 11.9 Å². The van der Waals surface area contributed by atoms with E-state index < -0.39 is 0 Å². The van der Waals surface area contributed by atoms with Crippen LogP contribution in [-0.4, -0.2) is 20.7 Å². The van der Waals surface area contributed by atoms with E-state index in [1.54, 1.807) is 12.4 Å². The number of nitrogens with zero attached hydrogens (tertiary/aromatic N) is 1. The van der Waals surface area contributed by atoms with Gasteiger partial charge in [0.05, 0.1) is 4.83 Å². The number of carbonyl (C=O) groups excluding carboxylic acids is 1. The molecule has 0 bridgehead atoms. The Balaban J connectivity index is 2.47. The fraction of sp³-hybridized carbons (Fsp3) is 0.429. The van der Waals surface area contributed by atoms with Crippen LogP contribution in [0.25, 0.3) is 0 Å². The summed E-state index contributed by atoms with van der Waals surface area (Å²) in [6, 6.07) is 0. The highest BCUT2D eigenvalue weighted by Crippen LogP contribution is 2.06. The lowest BCUT2D eigenvalue weighted by atomic mass is 10.3. The number of carbonyl (C=O) groups is 1. The molecule has 1 rings (SSSR count). The minimum atomic E-state index is -0.150. The van der Waals surface area contributed by atoms with Gasteiger partial charge in [0.25, 0.3) is 0 Å². The van der Waals surface area contributed by atoms with Gasteiger partial charge in [0, 0.05) is 12.4 Å². The minimum Gasteiger partial charge on any atom is -0.331 e. The van der Waals surface area contributed by atoms with Crippen LogP contribution in [0.4, 0.5) is 5.95 Å². The van der Waals surface area contributed by atoms with Gasteiger partial charge in [-0.25, -0.2) is 4.98 Å². The number of aromatic amines is 1. The van der Waals surface area contributed by atoms with Gasteiger partial charge in [0.15, 0.2) is 0 Å². The maximum atomic E-state index is 11.2. The summed E-state index contributed by atoms with van der Waals surface area (Å²) in [4.78, 5) is 17.7. The monoisotopic (exact) mass is 231 g/mol. The smallest absolute Gasteiger partial charge is 0.240 e.